The zero-order valence-corrected chi connectivity index (χ0v) is 26.5. The molecule has 0 radical (unpaired) electrons. The maximum Gasteiger partial charge on any atom is 0.459 e. The van der Waals surface area contributed by atoms with Crippen LogP contribution in [0.5, 0.6) is 5.75 Å². The van der Waals surface area contributed by atoms with Crippen LogP contribution < -0.4 is 15.3 Å². The minimum absolute atomic E-state index is 0.181. The summed E-state index contributed by atoms with van der Waals surface area (Å²) < 4.78 is 45.5. The van der Waals surface area contributed by atoms with E-state index in [9.17, 15) is 19.3 Å². The number of para-hydroxylation sites is 1. The molecule has 0 amide bonds. The Labute approximate surface area is 254 Å². The van der Waals surface area contributed by atoms with E-state index in [4.69, 9.17) is 29.0 Å². The fraction of sp³-hybridized carbons (Fsp3) is 0.517. The molecule has 2 aliphatic rings. The lowest BCUT2D eigenvalue weighted by molar-refractivity contribution is -0.171. The number of anilines is 1. The quantitative estimate of drug-likeness (QED) is 0.219. The van der Waals surface area contributed by atoms with Crippen molar-refractivity contribution in [3.05, 3.63) is 54.5 Å². The number of aliphatic hydroxyl groups is 1. The molecule has 14 nitrogen and oxygen atoms in total. The Morgan fingerprint density at radius 1 is 1.16 bits per heavy atom. The van der Waals surface area contributed by atoms with Crippen molar-refractivity contribution in [2.45, 2.75) is 90.1 Å². The average molecular weight is 632 g/mol. The second kappa shape index (κ2) is 11.1. The van der Waals surface area contributed by atoms with Crippen molar-refractivity contribution in [3.8, 4) is 5.75 Å². The zero-order valence-electron chi connectivity index (χ0n) is 25.6. The number of rotatable bonds is 10. The van der Waals surface area contributed by atoms with Crippen LogP contribution in [0, 0.1) is 5.41 Å². The molecule has 0 bridgehead atoms. The van der Waals surface area contributed by atoms with Gasteiger partial charge in [-0.1, -0.05) is 18.2 Å². The molecule has 1 saturated heterocycles. The number of nitrogens with one attached hydrogen (secondary N) is 1. The van der Waals surface area contributed by atoms with Gasteiger partial charge in [-0.05, 0) is 72.7 Å². The van der Waals surface area contributed by atoms with E-state index in [1.165, 1.54) is 17.8 Å². The molecule has 2 aromatic heterocycles. The Bertz CT molecular complexity index is 1610. The molecule has 5 rings (SSSR count). The molecule has 1 unspecified atom stereocenters. The van der Waals surface area contributed by atoms with Gasteiger partial charge in [-0.15, -0.1) is 0 Å². The molecule has 44 heavy (non-hydrogen) atoms. The second-order valence-electron chi connectivity index (χ2n) is 12.4. The van der Waals surface area contributed by atoms with E-state index in [-0.39, 0.29) is 11.6 Å². The summed E-state index contributed by atoms with van der Waals surface area (Å²) >= 11 is 0. The first-order valence-electron chi connectivity index (χ1n) is 14.2. The highest BCUT2D eigenvalue weighted by Crippen LogP contribution is 2.70. The van der Waals surface area contributed by atoms with Crippen molar-refractivity contribution >= 4 is 31.0 Å². The van der Waals surface area contributed by atoms with Crippen LogP contribution in [-0.4, -0.2) is 67.2 Å². The van der Waals surface area contributed by atoms with Crippen LogP contribution in [0.15, 0.2) is 48.8 Å². The molecular weight excluding hydrogens is 593 g/mol. The SMILES string of the molecule is CC(C)OC(=O)[C@H](C)N[P@@](=O)(Oc1ccccc1)OC1[C@@]2(C)O[C@@H](c3ccc4c(N)ncnn34)[C@H](O)[C@@]12OC(=O)C(C)(C)C. The lowest BCUT2D eigenvalue weighted by Crippen LogP contribution is -2.43. The van der Waals surface area contributed by atoms with Gasteiger partial charge in [0, 0.05) is 0 Å². The maximum absolute atomic E-state index is 14.4. The number of fused-ring (bicyclic) bond motifs is 2. The lowest BCUT2D eigenvalue weighted by Gasteiger charge is -2.29. The van der Waals surface area contributed by atoms with Crippen LogP contribution in [0.3, 0.4) is 0 Å². The van der Waals surface area contributed by atoms with Crippen LogP contribution in [-0.2, 0) is 32.9 Å². The first-order valence-corrected chi connectivity index (χ1v) is 15.8. The number of ether oxygens (including phenoxy) is 3. The molecule has 3 aromatic rings. The molecule has 3 heterocycles. The number of hydrogen-bond acceptors (Lipinski definition) is 12. The van der Waals surface area contributed by atoms with Crippen molar-refractivity contribution in [2.75, 3.05) is 5.73 Å². The molecular formula is C29H38N5O9P. The Morgan fingerprint density at radius 2 is 1.84 bits per heavy atom. The standard InChI is InChI=1S/C29H38N5O9P/c1-16(2)39-24(36)17(3)33-44(38,42-18-11-9-8-10-12-18)43-25-28(7)29(25,41-26(37)27(4,5)6)22(35)21(40-28)19-13-14-20-23(30)31-15-32-34(19)20/h8-17,21-22,25,35H,1-7H3,(H,33,38)(H2,30,31,32)/t17-,21-,22-,25?,28+,29+,44+/m0/s1. The molecule has 0 spiro atoms. The Balaban J connectivity index is 1.51. The average Bonchev–Trinajstić information content (AvgIpc) is 3.20. The first-order chi connectivity index (χ1) is 20.5. The summed E-state index contributed by atoms with van der Waals surface area (Å²) in [6, 6.07) is 10.4. The predicted molar refractivity (Wildman–Crippen MR) is 157 cm³/mol. The minimum atomic E-state index is -4.44. The first kappa shape index (κ1) is 31.9. The van der Waals surface area contributed by atoms with Gasteiger partial charge in [-0.2, -0.15) is 10.2 Å². The number of carbonyl (C=O) groups is 2. The van der Waals surface area contributed by atoms with Gasteiger partial charge >= 0.3 is 19.7 Å². The van der Waals surface area contributed by atoms with Gasteiger partial charge in [-0.25, -0.2) is 14.1 Å². The second-order valence-corrected chi connectivity index (χ2v) is 14.1. The van der Waals surface area contributed by atoms with Gasteiger partial charge in [0.1, 0.15) is 47.5 Å². The highest BCUT2D eigenvalue weighted by Gasteiger charge is 2.90. The minimum Gasteiger partial charge on any atom is -0.462 e. The van der Waals surface area contributed by atoms with E-state index in [1.54, 1.807) is 84.0 Å². The van der Waals surface area contributed by atoms with Gasteiger partial charge in [0.25, 0.3) is 0 Å². The maximum atomic E-state index is 14.4. The summed E-state index contributed by atoms with van der Waals surface area (Å²) in [7, 11) is -4.44. The van der Waals surface area contributed by atoms with Crippen molar-refractivity contribution in [1.29, 1.82) is 0 Å². The van der Waals surface area contributed by atoms with Crippen molar-refractivity contribution < 1.29 is 42.5 Å². The van der Waals surface area contributed by atoms with E-state index >= 15 is 0 Å². The van der Waals surface area contributed by atoms with E-state index in [0.29, 0.717) is 11.2 Å². The fourth-order valence-electron chi connectivity index (χ4n) is 5.28. The van der Waals surface area contributed by atoms with Crippen molar-refractivity contribution in [3.63, 3.8) is 0 Å². The summed E-state index contributed by atoms with van der Waals surface area (Å²) in [6.45, 7) is 11.4. The third kappa shape index (κ3) is 5.45. The summed E-state index contributed by atoms with van der Waals surface area (Å²) in [6.07, 6.45) is -2.99. The fourth-order valence-corrected chi connectivity index (χ4v) is 7.05. The molecule has 2 fully saturated rings. The molecule has 1 aliphatic heterocycles. The third-order valence-electron chi connectivity index (χ3n) is 7.63. The number of aliphatic hydroxyl groups excluding tert-OH is 1. The molecule has 4 N–H and O–H groups in total. The Kier molecular flexibility index (Phi) is 8.05. The number of benzene rings is 1. The number of esters is 2. The predicted octanol–water partition coefficient (Wildman–Crippen LogP) is 3.35. The van der Waals surface area contributed by atoms with Crippen LogP contribution in [0.25, 0.3) is 5.52 Å². The molecule has 238 valence electrons. The van der Waals surface area contributed by atoms with Crippen LogP contribution >= 0.6 is 7.75 Å². The van der Waals surface area contributed by atoms with Gasteiger partial charge in [0.2, 0.25) is 5.60 Å². The normalized spacial score (nSPS) is 28.2. The summed E-state index contributed by atoms with van der Waals surface area (Å²) in [4.78, 5) is 29.9. The van der Waals surface area contributed by atoms with E-state index < -0.39 is 66.8 Å². The van der Waals surface area contributed by atoms with Gasteiger partial charge in [0.05, 0.1) is 17.2 Å². The zero-order chi connectivity index (χ0) is 32.2. The Morgan fingerprint density at radius 3 is 2.48 bits per heavy atom. The topological polar surface area (TPSA) is 186 Å². The highest BCUT2D eigenvalue weighted by molar-refractivity contribution is 7.52. The number of hydrogen-bond donors (Lipinski definition) is 3. The van der Waals surface area contributed by atoms with Crippen LogP contribution in [0.2, 0.25) is 0 Å². The lowest BCUT2D eigenvalue weighted by atomic mass is 9.96. The molecule has 1 aromatic carbocycles. The highest BCUT2D eigenvalue weighted by atomic mass is 31.2. The van der Waals surface area contributed by atoms with Gasteiger partial charge in [-0.3, -0.25) is 14.1 Å². The number of nitrogens with zero attached hydrogens (tertiary/aromatic N) is 3. The monoisotopic (exact) mass is 631 g/mol. The third-order valence-corrected chi connectivity index (χ3v) is 9.27. The van der Waals surface area contributed by atoms with Crippen molar-refractivity contribution in [2.24, 2.45) is 5.41 Å². The van der Waals surface area contributed by atoms with Crippen LogP contribution in [0.4, 0.5) is 5.82 Å². The van der Waals surface area contributed by atoms with Crippen LogP contribution in [0.1, 0.15) is 60.3 Å². The Hall–Kier alpha value is -3.55. The van der Waals surface area contributed by atoms with Gasteiger partial charge in [0.15, 0.2) is 5.82 Å². The summed E-state index contributed by atoms with van der Waals surface area (Å²) in [5, 5.41) is 18.7. The summed E-state index contributed by atoms with van der Waals surface area (Å²) in [5.74, 6) is -0.930. The number of nitrogen functional groups attached to an aromatic ring is 1. The molecule has 1 aliphatic carbocycles. The molecule has 15 heteroatoms. The molecule has 7 atom stereocenters. The van der Waals surface area contributed by atoms with Gasteiger partial charge < -0.3 is 29.6 Å². The molecule has 1 saturated carbocycles. The number of nitrogens with two attached hydrogens (primary N) is 1. The van der Waals surface area contributed by atoms with E-state index in [1.807, 2.05) is 0 Å². The van der Waals surface area contributed by atoms with E-state index in [0.717, 1.165) is 0 Å². The summed E-state index contributed by atoms with van der Waals surface area (Å²) in [5.41, 5.74) is 2.62. The largest absolute Gasteiger partial charge is 0.462 e. The van der Waals surface area contributed by atoms with Crippen molar-refractivity contribution in [1.82, 2.24) is 19.7 Å². The smallest absolute Gasteiger partial charge is 0.459 e. The van der Waals surface area contributed by atoms with E-state index in [2.05, 4.69) is 15.2 Å². The number of aromatic nitrogens is 3. The number of carbonyl (C=O) groups excluding carboxylic acids is 2.